The van der Waals surface area contributed by atoms with E-state index in [1.807, 2.05) is 68.4 Å². The van der Waals surface area contributed by atoms with Gasteiger partial charge in [-0.2, -0.15) is 0 Å². The maximum atomic E-state index is 15.1. The highest BCUT2D eigenvalue weighted by molar-refractivity contribution is 6.05. The van der Waals surface area contributed by atoms with Gasteiger partial charge in [-0.15, -0.1) is 13.2 Å². The summed E-state index contributed by atoms with van der Waals surface area (Å²) in [5.74, 6) is -2.69. The van der Waals surface area contributed by atoms with E-state index >= 15 is 4.79 Å². The van der Waals surface area contributed by atoms with Crippen molar-refractivity contribution in [2.24, 2.45) is 17.8 Å². The number of fused-ring (bicyclic) bond motifs is 1. The number of rotatable bonds is 13. The van der Waals surface area contributed by atoms with Crippen LogP contribution in [0.5, 0.6) is 0 Å². The standard InChI is InChI=1S/C37H48N4O5/c1-8-21-38(7)33(43)30-31-34(44)41(29(24-42)26-15-13-12-14-16-26)32(37(31)23-25(5)36(30,6)46-37)35(45)40(22-9-2)28-19-17-27(18-20-28)39(10-3)11-4/h8-9,12-20,25,29-32,42H,1-2,10-11,21-24H2,3-7H3/t25?,29-,30+,31+,32?,36-,37?/m1/s1. The first-order valence-electron chi connectivity index (χ1n) is 16.4. The van der Waals surface area contributed by atoms with Crippen molar-refractivity contribution in [1.29, 1.82) is 0 Å². The Morgan fingerprint density at radius 1 is 1.02 bits per heavy atom. The fourth-order valence-electron chi connectivity index (χ4n) is 8.25. The van der Waals surface area contributed by atoms with Gasteiger partial charge in [0, 0.05) is 44.6 Å². The van der Waals surface area contributed by atoms with E-state index < -0.39 is 41.7 Å². The van der Waals surface area contributed by atoms with Gasteiger partial charge >= 0.3 is 0 Å². The molecule has 9 heteroatoms. The van der Waals surface area contributed by atoms with Crippen LogP contribution in [0.2, 0.25) is 0 Å². The normalized spacial score (nSPS) is 28.5. The average molecular weight is 629 g/mol. The third-order valence-corrected chi connectivity index (χ3v) is 10.6. The Labute approximate surface area is 273 Å². The van der Waals surface area contributed by atoms with E-state index in [4.69, 9.17) is 4.74 Å². The van der Waals surface area contributed by atoms with E-state index in [0.717, 1.165) is 18.8 Å². The minimum Gasteiger partial charge on any atom is -0.394 e. The van der Waals surface area contributed by atoms with Gasteiger partial charge in [-0.3, -0.25) is 14.4 Å². The fourth-order valence-corrected chi connectivity index (χ4v) is 8.25. The predicted octanol–water partition coefficient (Wildman–Crippen LogP) is 4.44. The summed E-state index contributed by atoms with van der Waals surface area (Å²) >= 11 is 0. The Bertz CT molecular complexity index is 1460. The topological polar surface area (TPSA) is 93.6 Å². The summed E-state index contributed by atoms with van der Waals surface area (Å²) in [6, 6.07) is 15.2. The first kappa shape index (κ1) is 33.4. The molecular weight excluding hydrogens is 580 g/mol. The van der Waals surface area contributed by atoms with Crippen LogP contribution >= 0.6 is 0 Å². The molecule has 3 saturated heterocycles. The van der Waals surface area contributed by atoms with E-state index in [9.17, 15) is 14.7 Å². The quantitative estimate of drug-likeness (QED) is 0.330. The summed E-state index contributed by atoms with van der Waals surface area (Å²) in [6.07, 6.45) is 3.75. The SMILES string of the molecule is C=CCN(C)C(=O)[C@@H]1[C@H]2C(=O)N([C@H](CO)c3ccccc3)C(C(=O)N(CC=C)c3ccc(N(CC)CC)cc3)C23CC(C)[C@@]1(C)O3. The molecule has 0 aromatic heterocycles. The number of nitrogens with zero attached hydrogens (tertiary/aromatic N) is 4. The van der Waals surface area contributed by atoms with Gasteiger partial charge in [0.05, 0.1) is 30.1 Å². The molecule has 246 valence electrons. The van der Waals surface area contributed by atoms with Gasteiger partial charge in [-0.25, -0.2) is 0 Å². The van der Waals surface area contributed by atoms with Gasteiger partial charge < -0.3 is 29.4 Å². The number of hydrogen-bond donors (Lipinski definition) is 1. The number of aliphatic hydroxyl groups excluding tert-OH is 1. The zero-order chi connectivity index (χ0) is 33.4. The van der Waals surface area contributed by atoms with Crippen molar-refractivity contribution in [3.8, 4) is 0 Å². The Kier molecular flexibility index (Phi) is 9.47. The summed E-state index contributed by atoms with van der Waals surface area (Å²) < 4.78 is 6.96. The molecule has 2 aromatic carbocycles. The number of amides is 3. The first-order chi connectivity index (χ1) is 22.0. The highest BCUT2D eigenvalue weighted by atomic mass is 16.5. The molecule has 0 saturated carbocycles. The summed E-state index contributed by atoms with van der Waals surface area (Å²) in [5, 5.41) is 10.8. The third kappa shape index (κ3) is 5.14. The van der Waals surface area contributed by atoms with Crippen LogP contribution in [0.1, 0.15) is 45.7 Å². The van der Waals surface area contributed by atoms with Crippen LogP contribution in [0.4, 0.5) is 11.4 Å². The maximum Gasteiger partial charge on any atom is 0.253 e. The molecule has 3 heterocycles. The van der Waals surface area contributed by atoms with E-state index in [2.05, 4.69) is 31.9 Å². The van der Waals surface area contributed by atoms with Gasteiger partial charge in [-0.05, 0) is 62.9 Å². The Balaban J connectivity index is 1.66. The van der Waals surface area contributed by atoms with Crippen LogP contribution in [-0.2, 0) is 19.1 Å². The lowest BCUT2D eigenvalue weighted by atomic mass is 9.62. The molecule has 3 aliphatic rings. The zero-order valence-corrected chi connectivity index (χ0v) is 27.8. The molecule has 2 bridgehead atoms. The molecule has 46 heavy (non-hydrogen) atoms. The van der Waals surface area contributed by atoms with Crippen molar-refractivity contribution in [2.75, 3.05) is 49.6 Å². The Hall–Kier alpha value is -3.95. The molecule has 9 nitrogen and oxygen atoms in total. The molecular formula is C37H48N4O5. The van der Waals surface area contributed by atoms with Crippen LogP contribution in [0.15, 0.2) is 79.9 Å². The highest BCUT2D eigenvalue weighted by Crippen LogP contribution is 2.66. The molecule has 0 aliphatic carbocycles. The van der Waals surface area contributed by atoms with Gasteiger partial charge in [0.15, 0.2) is 0 Å². The van der Waals surface area contributed by atoms with Crippen molar-refractivity contribution in [2.45, 2.75) is 57.4 Å². The maximum absolute atomic E-state index is 15.1. The number of likely N-dealkylation sites (tertiary alicyclic amines) is 1. The highest BCUT2D eigenvalue weighted by Gasteiger charge is 2.80. The van der Waals surface area contributed by atoms with Crippen LogP contribution < -0.4 is 9.80 Å². The van der Waals surface area contributed by atoms with Crippen molar-refractivity contribution < 1.29 is 24.2 Å². The van der Waals surface area contributed by atoms with Crippen molar-refractivity contribution >= 4 is 29.1 Å². The molecule has 1 N–H and O–H groups in total. The summed E-state index contributed by atoms with van der Waals surface area (Å²) in [5.41, 5.74) is 0.198. The van der Waals surface area contributed by atoms with Crippen molar-refractivity contribution in [1.82, 2.24) is 9.80 Å². The molecule has 3 unspecified atom stereocenters. The van der Waals surface area contributed by atoms with Gasteiger partial charge in [0.2, 0.25) is 11.8 Å². The molecule has 1 spiro atoms. The summed E-state index contributed by atoms with van der Waals surface area (Å²) in [4.78, 5) is 51.1. The van der Waals surface area contributed by atoms with Gasteiger partial charge in [0.1, 0.15) is 11.6 Å². The number of ether oxygens (including phenoxy) is 1. The Morgan fingerprint density at radius 2 is 1.63 bits per heavy atom. The molecule has 0 radical (unpaired) electrons. The molecule has 2 aromatic rings. The van der Waals surface area contributed by atoms with E-state index in [-0.39, 0.29) is 30.2 Å². The van der Waals surface area contributed by atoms with Crippen molar-refractivity contribution in [3.05, 3.63) is 85.5 Å². The van der Waals surface area contributed by atoms with Gasteiger partial charge in [-0.1, -0.05) is 49.4 Å². The second-order valence-electron chi connectivity index (χ2n) is 13.0. The predicted molar refractivity (Wildman–Crippen MR) is 180 cm³/mol. The second kappa shape index (κ2) is 13.0. The van der Waals surface area contributed by atoms with Crippen LogP contribution in [0.3, 0.4) is 0 Å². The van der Waals surface area contributed by atoms with Gasteiger partial charge in [0.25, 0.3) is 5.91 Å². The second-order valence-corrected chi connectivity index (χ2v) is 13.0. The van der Waals surface area contributed by atoms with Crippen LogP contribution in [0, 0.1) is 17.8 Å². The lowest BCUT2D eigenvalue weighted by Gasteiger charge is -2.39. The zero-order valence-electron chi connectivity index (χ0n) is 27.8. The molecule has 3 aliphatic heterocycles. The minimum absolute atomic E-state index is 0.108. The van der Waals surface area contributed by atoms with Crippen LogP contribution in [-0.4, -0.2) is 89.7 Å². The number of carbonyl (C=O) groups excluding carboxylic acids is 3. The number of benzene rings is 2. The Morgan fingerprint density at radius 3 is 2.20 bits per heavy atom. The third-order valence-electron chi connectivity index (χ3n) is 10.6. The lowest BCUT2D eigenvalue weighted by Crippen LogP contribution is -2.57. The van der Waals surface area contributed by atoms with Crippen LogP contribution in [0.25, 0.3) is 0 Å². The monoisotopic (exact) mass is 628 g/mol. The first-order valence-corrected chi connectivity index (χ1v) is 16.4. The number of aliphatic hydroxyl groups is 1. The number of likely N-dealkylation sites (N-methyl/N-ethyl adjacent to an activating group) is 1. The average Bonchev–Trinajstić information content (AvgIpc) is 3.57. The number of carbonyl (C=O) groups is 3. The minimum atomic E-state index is -1.26. The number of hydrogen-bond acceptors (Lipinski definition) is 6. The lowest BCUT2D eigenvalue weighted by molar-refractivity contribution is -0.153. The number of anilines is 2. The van der Waals surface area contributed by atoms with E-state index in [1.54, 1.807) is 29.0 Å². The fraction of sp³-hybridized carbons (Fsp3) is 0.486. The molecule has 7 atom stereocenters. The smallest absolute Gasteiger partial charge is 0.253 e. The molecule has 5 rings (SSSR count). The van der Waals surface area contributed by atoms with Crippen molar-refractivity contribution in [3.63, 3.8) is 0 Å². The van der Waals surface area contributed by atoms with E-state index in [1.165, 1.54) is 4.90 Å². The summed E-state index contributed by atoms with van der Waals surface area (Å²) in [6.45, 7) is 17.7. The molecule has 3 amide bonds. The van der Waals surface area contributed by atoms with E-state index in [0.29, 0.717) is 24.2 Å². The molecule has 3 fully saturated rings. The summed E-state index contributed by atoms with van der Waals surface area (Å²) in [7, 11) is 1.70. The largest absolute Gasteiger partial charge is 0.394 e.